The molecule has 88 valence electrons. The zero-order valence-electron chi connectivity index (χ0n) is 10.3. The van der Waals surface area contributed by atoms with Crippen molar-refractivity contribution in [2.75, 3.05) is 24.2 Å². The molecule has 2 rings (SSSR count). The Kier molecular flexibility index (Phi) is 2.70. The minimum atomic E-state index is -0.0600. The van der Waals surface area contributed by atoms with Gasteiger partial charge in [-0.25, -0.2) is 0 Å². The molecule has 1 heterocycles. The van der Waals surface area contributed by atoms with Crippen LogP contribution >= 0.6 is 0 Å². The molecule has 16 heavy (non-hydrogen) atoms. The van der Waals surface area contributed by atoms with E-state index >= 15 is 0 Å². The average Bonchev–Trinajstić information content (AvgIpc) is 2.28. The second-order valence-electron chi connectivity index (χ2n) is 4.54. The number of ether oxygens (including phenoxy) is 1. The van der Waals surface area contributed by atoms with Gasteiger partial charge in [-0.15, -0.1) is 0 Å². The smallest absolute Gasteiger partial charge is 0.145 e. The van der Waals surface area contributed by atoms with E-state index in [1.54, 1.807) is 0 Å². The molecule has 0 amide bonds. The van der Waals surface area contributed by atoms with Crippen LogP contribution in [-0.4, -0.2) is 19.2 Å². The van der Waals surface area contributed by atoms with Crippen molar-refractivity contribution in [2.24, 2.45) is 0 Å². The van der Waals surface area contributed by atoms with Crippen molar-refractivity contribution < 1.29 is 4.74 Å². The minimum absolute atomic E-state index is 0.0600. The van der Waals surface area contributed by atoms with Crippen LogP contribution in [-0.2, 0) is 0 Å². The third-order valence-corrected chi connectivity index (χ3v) is 3.55. The van der Waals surface area contributed by atoms with E-state index in [2.05, 4.69) is 25.8 Å². The molecule has 1 aromatic carbocycles. The van der Waals surface area contributed by atoms with Crippen molar-refractivity contribution in [3.05, 3.63) is 18.2 Å². The molecule has 1 aliphatic heterocycles. The first-order chi connectivity index (χ1) is 7.62. The Balaban J connectivity index is 2.44. The highest BCUT2D eigenvalue weighted by Gasteiger charge is 2.36. The van der Waals surface area contributed by atoms with Crippen LogP contribution in [0.2, 0.25) is 0 Å². The van der Waals surface area contributed by atoms with Crippen molar-refractivity contribution in [2.45, 2.75) is 32.3 Å². The van der Waals surface area contributed by atoms with Gasteiger partial charge in [-0.3, -0.25) is 0 Å². The Morgan fingerprint density at radius 1 is 1.38 bits per heavy atom. The summed E-state index contributed by atoms with van der Waals surface area (Å²) in [6.45, 7) is 5.25. The Labute approximate surface area is 97.2 Å². The van der Waals surface area contributed by atoms with Gasteiger partial charge >= 0.3 is 0 Å². The van der Waals surface area contributed by atoms with Gasteiger partial charge in [0.05, 0.1) is 12.2 Å². The SMILES string of the molecule is CCC1(CC)CN(C)c2c(N)cccc2O1. The first-order valence-electron chi connectivity index (χ1n) is 5.90. The summed E-state index contributed by atoms with van der Waals surface area (Å²) in [6.07, 6.45) is 2.03. The number of nitrogens with zero attached hydrogens (tertiary/aromatic N) is 1. The number of anilines is 2. The molecular weight excluding hydrogens is 200 g/mol. The van der Waals surface area contributed by atoms with E-state index in [-0.39, 0.29) is 5.60 Å². The number of likely N-dealkylation sites (N-methyl/N-ethyl adjacent to an activating group) is 1. The molecule has 0 radical (unpaired) electrons. The minimum Gasteiger partial charge on any atom is -0.483 e. The lowest BCUT2D eigenvalue weighted by Crippen LogP contribution is -2.49. The van der Waals surface area contributed by atoms with Gasteiger partial charge in [0.15, 0.2) is 0 Å². The lowest BCUT2D eigenvalue weighted by atomic mass is 9.94. The number of hydrogen-bond acceptors (Lipinski definition) is 3. The summed E-state index contributed by atoms with van der Waals surface area (Å²) in [5.74, 6) is 0.914. The number of nitrogens with two attached hydrogens (primary N) is 1. The van der Waals surface area contributed by atoms with Crippen molar-refractivity contribution in [3.63, 3.8) is 0 Å². The van der Waals surface area contributed by atoms with Gasteiger partial charge in [-0.05, 0) is 25.0 Å². The molecule has 3 heteroatoms. The third-order valence-electron chi connectivity index (χ3n) is 3.55. The maximum absolute atomic E-state index is 6.15. The van der Waals surface area contributed by atoms with Crippen LogP contribution in [0, 0.1) is 0 Å². The zero-order chi connectivity index (χ0) is 11.8. The molecule has 0 aromatic heterocycles. The number of hydrogen-bond donors (Lipinski definition) is 1. The molecule has 0 aliphatic carbocycles. The fraction of sp³-hybridized carbons (Fsp3) is 0.538. The summed E-state index contributed by atoms with van der Waals surface area (Å²) >= 11 is 0. The van der Waals surface area contributed by atoms with Crippen LogP contribution in [0.25, 0.3) is 0 Å². The van der Waals surface area contributed by atoms with Gasteiger partial charge in [0.25, 0.3) is 0 Å². The summed E-state index contributed by atoms with van der Waals surface area (Å²) in [7, 11) is 2.08. The normalized spacial score (nSPS) is 17.8. The van der Waals surface area contributed by atoms with Gasteiger partial charge in [0.1, 0.15) is 17.0 Å². The summed E-state index contributed by atoms with van der Waals surface area (Å²) in [6, 6.07) is 5.87. The van der Waals surface area contributed by atoms with E-state index < -0.39 is 0 Å². The topological polar surface area (TPSA) is 38.5 Å². The van der Waals surface area contributed by atoms with Gasteiger partial charge in [0, 0.05) is 7.05 Å². The molecule has 0 atom stereocenters. The van der Waals surface area contributed by atoms with Gasteiger partial charge in [0.2, 0.25) is 0 Å². The maximum atomic E-state index is 6.15. The second-order valence-corrected chi connectivity index (χ2v) is 4.54. The quantitative estimate of drug-likeness (QED) is 0.779. The lowest BCUT2D eigenvalue weighted by Gasteiger charge is -2.43. The molecule has 3 nitrogen and oxygen atoms in total. The number of para-hydroxylation sites is 1. The highest BCUT2D eigenvalue weighted by molar-refractivity contribution is 5.75. The van der Waals surface area contributed by atoms with Crippen molar-refractivity contribution in [3.8, 4) is 5.75 Å². The average molecular weight is 220 g/mol. The van der Waals surface area contributed by atoms with E-state index in [1.165, 1.54) is 0 Å². The van der Waals surface area contributed by atoms with E-state index in [9.17, 15) is 0 Å². The molecule has 0 saturated heterocycles. The molecule has 0 spiro atoms. The zero-order valence-corrected chi connectivity index (χ0v) is 10.3. The van der Waals surface area contributed by atoms with Crippen molar-refractivity contribution >= 4 is 11.4 Å². The largest absolute Gasteiger partial charge is 0.483 e. The first kappa shape index (κ1) is 11.1. The Morgan fingerprint density at radius 3 is 2.69 bits per heavy atom. The molecule has 0 fully saturated rings. The molecule has 0 saturated carbocycles. The third kappa shape index (κ3) is 1.60. The molecule has 0 unspecified atom stereocenters. The number of nitrogen functional groups attached to an aromatic ring is 1. The summed E-state index contributed by atoms with van der Waals surface area (Å²) in [5.41, 5.74) is 7.74. The fourth-order valence-electron chi connectivity index (χ4n) is 2.42. The summed E-state index contributed by atoms with van der Waals surface area (Å²) in [4.78, 5) is 2.21. The van der Waals surface area contributed by atoms with E-state index in [0.29, 0.717) is 0 Å². The predicted molar refractivity (Wildman–Crippen MR) is 68.1 cm³/mol. The Bertz CT molecular complexity index is 386. The summed E-state index contributed by atoms with van der Waals surface area (Å²) < 4.78 is 6.15. The monoisotopic (exact) mass is 220 g/mol. The lowest BCUT2D eigenvalue weighted by molar-refractivity contribution is 0.0593. The highest BCUT2D eigenvalue weighted by atomic mass is 16.5. The van der Waals surface area contributed by atoms with Crippen LogP contribution in [0.3, 0.4) is 0 Å². The number of fused-ring (bicyclic) bond motifs is 1. The molecule has 2 N–H and O–H groups in total. The molecule has 0 bridgehead atoms. The standard InChI is InChI=1S/C13H20N2O/c1-4-13(5-2)9-15(3)12-10(14)7-6-8-11(12)16-13/h6-8H,4-5,9,14H2,1-3H3. The molecular formula is C13H20N2O. The van der Waals surface area contributed by atoms with E-state index in [1.807, 2.05) is 18.2 Å². The predicted octanol–water partition coefficient (Wildman–Crippen LogP) is 2.66. The van der Waals surface area contributed by atoms with E-state index in [4.69, 9.17) is 10.5 Å². The maximum Gasteiger partial charge on any atom is 0.145 e. The van der Waals surface area contributed by atoms with Crippen LogP contribution in [0.1, 0.15) is 26.7 Å². The van der Waals surface area contributed by atoms with E-state index in [0.717, 1.165) is 36.5 Å². The molecule has 1 aliphatic rings. The molecule has 1 aromatic rings. The highest BCUT2D eigenvalue weighted by Crippen LogP contribution is 2.42. The van der Waals surface area contributed by atoms with Gasteiger partial charge in [-0.2, -0.15) is 0 Å². The first-order valence-corrected chi connectivity index (χ1v) is 5.90. The van der Waals surface area contributed by atoms with Crippen LogP contribution in [0.5, 0.6) is 5.75 Å². The van der Waals surface area contributed by atoms with Gasteiger partial charge < -0.3 is 15.4 Å². The fourth-order valence-corrected chi connectivity index (χ4v) is 2.42. The number of rotatable bonds is 2. The van der Waals surface area contributed by atoms with Crippen molar-refractivity contribution in [1.82, 2.24) is 0 Å². The Hall–Kier alpha value is -1.38. The van der Waals surface area contributed by atoms with Crippen molar-refractivity contribution in [1.29, 1.82) is 0 Å². The van der Waals surface area contributed by atoms with Crippen LogP contribution < -0.4 is 15.4 Å². The summed E-state index contributed by atoms with van der Waals surface area (Å²) in [5, 5.41) is 0. The van der Waals surface area contributed by atoms with Gasteiger partial charge in [-0.1, -0.05) is 19.9 Å². The van der Waals surface area contributed by atoms with Crippen LogP contribution in [0.15, 0.2) is 18.2 Å². The number of benzene rings is 1. The van der Waals surface area contributed by atoms with Crippen LogP contribution in [0.4, 0.5) is 11.4 Å². The Morgan fingerprint density at radius 2 is 2.06 bits per heavy atom. The second kappa shape index (κ2) is 3.89.